The van der Waals surface area contributed by atoms with Crippen molar-refractivity contribution in [2.45, 2.75) is 25.4 Å². The standard InChI is InChI=1S/C16H21F3N4O.HI/c1-22(2)14(24)8-20-16(21-11-4-5-11)23(3)9-10-6-12(17)15(19)13(18)7-10;/h6-7,11H,4-5,8-9H2,1-3H3,(H,20,21);1H. The number of nitrogens with one attached hydrogen (secondary N) is 1. The van der Waals surface area contributed by atoms with E-state index in [0.29, 0.717) is 12.0 Å². The van der Waals surface area contributed by atoms with E-state index in [0.717, 1.165) is 25.0 Å². The molecule has 1 amide bonds. The number of amides is 1. The molecule has 0 aliphatic heterocycles. The first-order valence-corrected chi connectivity index (χ1v) is 7.63. The molecule has 0 radical (unpaired) electrons. The van der Waals surface area contributed by atoms with Gasteiger partial charge in [-0.3, -0.25) is 4.79 Å². The Bertz CT molecular complexity index is 627. The largest absolute Gasteiger partial charge is 0.353 e. The third-order valence-corrected chi connectivity index (χ3v) is 3.60. The zero-order valence-electron chi connectivity index (χ0n) is 14.4. The number of hydrogen-bond donors (Lipinski definition) is 1. The van der Waals surface area contributed by atoms with Crippen molar-refractivity contribution in [3.8, 4) is 0 Å². The molecule has 0 heterocycles. The lowest BCUT2D eigenvalue weighted by molar-refractivity contribution is -0.127. The van der Waals surface area contributed by atoms with E-state index in [1.165, 1.54) is 4.90 Å². The molecule has 0 saturated heterocycles. The molecule has 25 heavy (non-hydrogen) atoms. The average Bonchev–Trinajstić information content (AvgIpc) is 3.32. The number of aliphatic imine (C=N–C) groups is 1. The second-order valence-corrected chi connectivity index (χ2v) is 6.08. The van der Waals surface area contributed by atoms with Crippen molar-refractivity contribution in [2.24, 2.45) is 4.99 Å². The van der Waals surface area contributed by atoms with Crippen molar-refractivity contribution in [3.63, 3.8) is 0 Å². The van der Waals surface area contributed by atoms with Gasteiger partial charge in [0.1, 0.15) is 6.54 Å². The van der Waals surface area contributed by atoms with E-state index in [4.69, 9.17) is 0 Å². The lowest BCUT2D eigenvalue weighted by Gasteiger charge is -2.23. The highest BCUT2D eigenvalue weighted by atomic mass is 127. The molecular formula is C16H22F3IN4O. The van der Waals surface area contributed by atoms with Crippen molar-refractivity contribution in [3.05, 3.63) is 35.1 Å². The summed E-state index contributed by atoms with van der Waals surface area (Å²) in [5.41, 5.74) is 0.276. The van der Waals surface area contributed by atoms with Gasteiger partial charge in [0.25, 0.3) is 0 Å². The molecule has 0 bridgehead atoms. The van der Waals surface area contributed by atoms with E-state index < -0.39 is 17.5 Å². The first-order valence-electron chi connectivity index (χ1n) is 7.63. The van der Waals surface area contributed by atoms with Gasteiger partial charge in [0, 0.05) is 33.7 Å². The van der Waals surface area contributed by atoms with Gasteiger partial charge < -0.3 is 15.1 Å². The molecule has 2 rings (SSSR count). The Balaban J connectivity index is 0.00000312. The number of halogens is 4. The van der Waals surface area contributed by atoms with Crippen molar-refractivity contribution in [1.82, 2.24) is 15.1 Å². The summed E-state index contributed by atoms with van der Waals surface area (Å²) in [7, 11) is 4.97. The lowest BCUT2D eigenvalue weighted by atomic mass is 10.2. The van der Waals surface area contributed by atoms with E-state index in [9.17, 15) is 18.0 Å². The van der Waals surface area contributed by atoms with Gasteiger partial charge >= 0.3 is 0 Å². The summed E-state index contributed by atoms with van der Waals surface area (Å²) >= 11 is 0. The van der Waals surface area contributed by atoms with E-state index in [2.05, 4.69) is 10.3 Å². The van der Waals surface area contributed by atoms with Crippen LogP contribution in [0, 0.1) is 17.5 Å². The maximum atomic E-state index is 13.3. The van der Waals surface area contributed by atoms with Crippen molar-refractivity contribution in [2.75, 3.05) is 27.7 Å². The van der Waals surface area contributed by atoms with Gasteiger partial charge in [-0.25, -0.2) is 18.2 Å². The molecular weight excluding hydrogens is 448 g/mol. The number of hydrogen-bond acceptors (Lipinski definition) is 2. The predicted octanol–water partition coefficient (Wildman–Crippen LogP) is 2.35. The Hall–Kier alpha value is -1.52. The molecule has 1 N–H and O–H groups in total. The van der Waals surface area contributed by atoms with Crippen LogP contribution < -0.4 is 5.32 Å². The minimum absolute atomic E-state index is 0. The van der Waals surface area contributed by atoms with Gasteiger partial charge in [0.15, 0.2) is 23.4 Å². The van der Waals surface area contributed by atoms with E-state index in [1.54, 1.807) is 26.0 Å². The van der Waals surface area contributed by atoms with Crippen LogP contribution in [-0.4, -0.2) is 55.4 Å². The Labute approximate surface area is 162 Å². The summed E-state index contributed by atoms with van der Waals surface area (Å²) in [5, 5.41) is 3.19. The fourth-order valence-corrected chi connectivity index (χ4v) is 2.02. The topological polar surface area (TPSA) is 47.9 Å². The normalized spacial score (nSPS) is 13.9. The predicted molar refractivity (Wildman–Crippen MR) is 100 cm³/mol. The zero-order chi connectivity index (χ0) is 17.9. The molecule has 1 aliphatic rings. The smallest absolute Gasteiger partial charge is 0.243 e. The van der Waals surface area contributed by atoms with Crippen LogP contribution >= 0.6 is 24.0 Å². The first kappa shape index (κ1) is 21.5. The number of likely N-dealkylation sites (N-methyl/N-ethyl adjacent to an activating group) is 1. The van der Waals surface area contributed by atoms with Crippen LogP contribution in [0.1, 0.15) is 18.4 Å². The molecule has 5 nitrogen and oxygen atoms in total. The molecule has 1 aromatic carbocycles. The highest BCUT2D eigenvalue weighted by molar-refractivity contribution is 14.0. The fraction of sp³-hybridized carbons (Fsp3) is 0.500. The SMILES string of the molecule is CN(C)C(=O)CN=C(NC1CC1)N(C)Cc1cc(F)c(F)c(F)c1.I. The Morgan fingerprint density at radius 2 is 1.76 bits per heavy atom. The lowest BCUT2D eigenvalue weighted by Crippen LogP contribution is -2.40. The number of nitrogens with zero attached hydrogens (tertiary/aromatic N) is 3. The molecule has 0 spiro atoms. The summed E-state index contributed by atoms with van der Waals surface area (Å²) < 4.78 is 39.7. The minimum atomic E-state index is -1.48. The molecule has 1 fully saturated rings. The van der Waals surface area contributed by atoms with Gasteiger partial charge in [0.05, 0.1) is 0 Å². The number of benzene rings is 1. The Morgan fingerprint density at radius 1 is 1.20 bits per heavy atom. The number of carbonyl (C=O) groups excluding carboxylic acids is 1. The van der Waals surface area contributed by atoms with Gasteiger partial charge in [-0.05, 0) is 30.5 Å². The van der Waals surface area contributed by atoms with E-state index >= 15 is 0 Å². The Kier molecular flexibility index (Phi) is 7.97. The molecule has 0 aromatic heterocycles. The zero-order valence-corrected chi connectivity index (χ0v) is 16.7. The highest BCUT2D eigenvalue weighted by Crippen LogP contribution is 2.19. The third kappa shape index (κ3) is 6.37. The fourth-order valence-electron chi connectivity index (χ4n) is 2.02. The van der Waals surface area contributed by atoms with Crippen LogP contribution in [-0.2, 0) is 11.3 Å². The van der Waals surface area contributed by atoms with Gasteiger partial charge in [-0.15, -0.1) is 24.0 Å². The molecule has 9 heteroatoms. The van der Waals surface area contributed by atoms with E-state index in [-0.39, 0.29) is 48.5 Å². The maximum absolute atomic E-state index is 13.3. The second-order valence-electron chi connectivity index (χ2n) is 6.08. The minimum Gasteiger partial charge on any atom is -0.353 e. The summed E-state index contributed by atoms with van der Waals surface area (Å²) in [5.74, 6) is -3.62. The number of rotatable bonds is 5. The summed E-state index contributed by atoms with van der Waals surface area (Å²) in [6.07, 6.45) is 2.02. The summed E-state index contributed by atoms with van der Waals surface area (Å²) in [6.45, 7) is 0.0986. The molecule has 0 atom stereocenters. The van der Waals surface area contributed by atoms with Crippen LogP contribution in [0.15, 0.2) is 17.1 Å². The third-order valence-electron chi connectivity index (χ3n) is 3.60. The average molecular weight is 470 g/mol. The maximum Gasteiger partial charge on any atom is 0.243 e. The number of carbonyl (C=O) groups is 1. The quantitative estimate of drug-likeness (QED) is 0.311. The van der Waals surface area contributed by atoms with Gasteiger partial charge in [-0.1, -0.05) is 0 Å². The van der Waals surface area contributed by atoms with Crippen LogP contribution in [0.2, 0.25) is 0 Å². The molecule has 1 aromatic rings. The monoisotopic (exact) mass is 470 g/mol. The van der Waals surface area contributed by atoms with E-state index in [1.807, 2.05) is 0 Å². The van der Waals surface area contributed by atoms with Crippen LogP contribution in [0.25, 0.3) is 0 Å². The summed E-state index contributed by atoms with van der Waals surface area (Å²) in [4.78, 5) is 19.0. The van der Waals surface area contributed by atoms with Gasteiger partial charge in [0.2, 0.25) is 5.91 Å². The van der Waals surface area contributed by atoms with Crippen molar-refractivity contribution in [1.29, 1.82) is 0 Å². The Morgan fingerprint density at radius 3 is 2.24 bits per heavy atom. The van der Waals surface area contributed by atoms with Crippen molar-refractivity contribution >= 4 is 35.8 Å². The van der Waals surface area contributed by atoms with Gasteiger partial charge in [-0.2, -0.15) is 0 Å². The molecule has 0 unspecified atom stereocenters. The highest BCUT2D eigenvalue weighted by Gasteiger charge is 2.24. The molecule has 1 aliphatic carbocycles. The molecule has 140 valence electrons. The number of guanidine groups is 1. The van der Waals surface area contributed by atoms with Crippen molar-refractivity contribution < 1.29 is 18.0 Å². The molecule has 1 saturated carbocycles. The van der Waals surface area contributed by atoms with Crippen LogP contribution in [0.5, 0.6) is 0 Å². The first-order chi connectivity index (χ1) is 11.3. The van der Waals surface area contributed by atoms with Crippen LogP contribution in [0.3, 0.4) is 0 Å². The summed E-state index contributed by atoms with van der Waals surface area (Å²) in [6, 6.07) is 2.20. The second kappa shape index (κ2) is 9.25. The van der Waals surface area contributed by atoms with Crippen LogP contribution in [0.4, 0.5) is 13.2 Å².